The van der Waals surface area contributed by atoms with Gasteiger partial charge in [0.15, 0.2) is 0 Å². The molecule has 102 valence electrons. The molecule has 0 aromatic heterocycles. The summed E-state index contributed by atoms with van der Waals surface area (Å²) in [6.45, 7) is 12.0. The molecule has 4 heteroatoms. The van der Waals surface area contributed by atoms with Gasteiger partial charge in [0.1, 0.15) is 0 Å². The summed E-state index contributed by atoms with van der Waals surface area (Å²) in [5.41, 5.74) is 5.74. The summed E-state index contributed by atoms with van der Waals surface area (Å²) in [5.74, 6) is 1.23. The molecular weight excluding hydrogens is 214 g/mol. The molecule has 17 heavy (non-hydrogen) atoms. The third kappa shape index (κ3) is 6.03. The van der Waals surface area contributed by atoms with Gasteiger partial charge in [0.25, 0.3) is 0 Å². The highest BCUT2D eigenvalue weighted by atomic mass is 16.2. The summed E-state index contributed by atoms with van der Waals surface area (Å²) in [6.07, 6.45) is 0. The van der Waals surface area contributed by atoms with Gasteiger partial charge in [-0.3, -0.25) is 9.69 Å². The molecular formula is C13H29N3O. The summed E-state index contributed by atoms with van der Waals surface area (Å²) >= 11 is 0. The Morgan fingerprint density at radius 2 is 1.76 bits per heavy atom. The van der Waals surface area contributed by atoms with Gasteiger partial charge in [-0.05, 0) is 39.3 Å². The van der Waals surface area contributed by atoms with Gasteiger partial charge in [-0.1, -0.05) is 13.8 Å². The minimum absolute atomic E-state index is 0.206. The smallest absolute Gasteiger partial charge is 0.236 e. The minimum atomic E-state index is 0.206. The second-order valence-corrected chi connectivity index (χ2v) is 5.00. The zero-order valence-electron chi connectivity index (χ0n) is 12.1. The van der Waals surface area contributed by atoms with Gasteiger partial charge in [-0.15, -0.1) is 0 Å². The first-order chi connectivity index (χ1) is 7.96. The largest absolute Gasteiger partial charge is 0.342 e. The van der Waals surface area contributed by atoms with E-state index < -0.39 is 0 Å². The monoisotopic (exact) mass is 243 g/mol. The topological polar surface area (TPSA) is 49.6 Å². The second-order valence-electron chi connectivity index (χ2n) is 5.00. The fraction of sp³-hybridized carbons (Fsp3) is 0.923. The fourth-order valence-electron chi connectivity index (χ4n) is 1.93. The molecule has 0 aromatic carbocycles. The van der Waals surface area contributed by atoms with Gasteiger partial charge in [0.05, 0.1) is 6.54 Å². The van der Waals surface area contributed by atoms with Crippen molar-refractivity contribution in [2.75, 3.05) is 39.8 Å². The molecule has 0 heterocycles. The summed E-state index contributed by atoms with van der Waals surface area (Å²) in [6, 6.07) is 0. The van der Waals surface area contributed by atoms with Gasteiger partial charge in [-0.25, -0.2) is 0 Å². The standard InChI is InChI=1S/C13H29N3O/c1-6-16(7-2)13(17)10-15(5)9-12(8-14)11(3)4/h11-12H,6-10,14H2,1-5H3. The van der Waals surface area contributed by atoms with Crippen LogP contribution in [0.4, 0.5) is 0 Å². The molecule has 2 N–H and O–H groups in total. The maximum absolute atomic E-state index is 11.9. The number of nitrogens with zero attached hydrogens (tertiary/aromatic N) is 2. The molecule has 0 aromatic rings. The van der Waals surface area contributed by atoms with Crippen molar-refractivity contribution < 1.29 is 4.79 Å². The van der Waals surface area contributed by atoms with Crippen LogP contribution in [0.1, 0.15) is 27.7 Å². The molecule has 0 bridgehead atoms. The predicted octanol–water partition coefficient (Wildman–Crippen LogP) is 1.02. The van der Waals surface area contributed by atoms with Crippen molar-refractivity contribution in [2.24, 2.45) is 17.6 Å². The quantitative estimate of drug-likeness (QED) is 0.692. The highest BCUT2D eigenvalue weighted by Gasteiger charge is 2.17. The minimum Gasteiger partial charge on any atom is -0.342 e. The number of carbonyl (C=O) groups is 1. The van der Waals surface area contributed by atoms with Crippen LogP contribution in [-0.2, 0) is 4.79 Å². The maximum atomic E-state index is 11.9. The number of nitrogens with two attached hydrogens (primary N) is 1. The van der Waals surface area contributed by atoms with Gasteiger partial charge >= 0.3 is 0 Å². The van der Waals surface area contributed by atoms with Crippen LogP contribution in [-0.4, -0.2) is 55.5 Å². The molecule has 1 unspecified atom stereocenters. The molecule has 0 radical (unpaired) electrons. The Hall–Kier alpha value is -0.610. The number of rotatable bonds is 8. The van der Waals surface area contributed by atoms with Crippen LogP contribution in [0.15, 0.2) is 0 Å². The number of likely N-dealkylation sites (N-methyl/N-ethyl adjacent to an activating group) is 2. The van der Waals surface area contributed by atoms with E-state index >= 15 is 0 Å². The van der Waals surface area contributed by atoms with E-state index in [2.05, 4.69) is 18.7 Å². The molecule has 0 saturated heterocycles. The molecule has 0 aliphatic heterocycles. The molecule has 0 rings (SSSR count). The molecule has 0 fully saturated rings. The predicted molar refractivity (Wildman–Crippen MR) is 72.8 cm³/mol. The van der Waals surface area contributed by atoms with Crippen molar-refractivity contribution in [3.63, 3.8) is 0 Å². The van der Waals surface area contributed by atoms with E-state index in [1.54, 1.807) is 0 Å². The molecule has 4 nitrogen and oxygen atoms in total. The Bertz CT molecular complexity index is 215. The Kier molecular flexibility index (Phi) is 8.17. The van der Waals surface area contributed by atoms with E-state index in [4.69, 9.17) is 5.73 Å². The molecule has 0 aliphatic carbocycles. The number of amides is 1. The highest BCUT2D eigenvalue weighted by Crippen LogP contribution is 2.10. The average molecular weight is 243 g/mol. The van der Waals surface area contributed by atoms with E-state index in [0.29, 0.717) is 24.9 Å². The van der Waals surface area contributed by atoms with Crippen molar-refractivity contribution in [2.45, 2.75) is 27.7 Å². The van der Waals surface area contributed by atoms with Crippen LogP contribution in [0.5, 0.6) is 0 Å². The third-order valence-electron chi connectivity index (χ3n) is 3.31. The summed E-state index contributed by atoms with van der Waals surface area (Å²) in [7, 11) is 1.99. The lowest BCUT2D eigenvalue weighted by molar-refractivity contribution is -0.131. The molecule has 0 saturated carbocycles. The highest BCUT2D eigenvalue weighted by molar-refractivity contribution is 5.78. The molecule has 1 amide bonds. The fourth-order valence-corrected chi connectivity index (χ4v) is 1.93. The number of hydrogen-bond acceptors (Lipinski definition) is 3. The first-order valence-corrected chi connectivity index (χ1v) is 6.62. The Morgan fingerprint density at radius 3 is 2.12 bits per heavy atom. The average Bonchev–Trinajstić information content (AvgIpc) is 2.27. The van der Waals surface area contributed by atoms with Gasteiger partial charge in [0, 0.05) is 19.6 Å². The Balaban J connectivity index is 4.16. The van der Waals surface area contributed by atoms with Gasteiger partial charge in [0.2, 0.25) is 5.91 Å². The molecule has 1 atom stereocenters. The van der Waals surface area contributed by atoms with Crippen LogP contribution in [0.25, 0.3) is 0 Å². The van der Waals surface area contributed by atoms with E-state index in [9.17, 15) is 4.79 Å². The van der Waals surface area contributed by atoms with Crippen LogP contribution in [0.3, 0.4) is 0 Å². The van der Waals surface area contributed by atoms with Crippen molar-refractivity contribution in [1.29, 1.82) is 0 Å². The van der Waals surface area contributed by atoms with Crippen LogP contribution in [0.2, 0.25) is 0 Å². The number of hydrogen-bond donors (Lipinski definition) is 1. The van der Waals surface area contributed by atoms with E-state index in [-0.39, 0.29) is 5.91 Å². The van der Waals surface area contributed by atoms with Crippen LogP contribution < -0.4 is 5.73 Å². The zero-order valence-corrected chi connectivity index (χ0v) is 12.1. The van der Waals surface area contributed by atoms with E-state index in [1.165, 1.54) is 0 Å². The van der Waals surface area contributed by atoms with Crippen molar-refractivity contribution in [3.8, 4) is 0 Å². The van der Waals surface area contributed by atoms with Crippen LogP contribution >= 0.6 is 0 Å². The van der Waals surface area contributed by atoms with Gasteiger partial charge in [-0.2, -0.15) is 0 Å². The third-order valence-corrected chi connectivity index (χ3v) is 3.31. The SMILES string of the molecule is CCN(CC)C(=O)CN(C)CC(CN)C(C)C. The lowest BCUT2D eigenvalue weighted by atomic mass is 9.95. The van der Waals surface area contributed by atoms with E-state index in [1.807, 2.05) is 25.8 Å². The Labute approximate surface area is 106 Å². The van der Waals surface area contributed by atoms with E-state index in [0.717, 1.165) is 19.6 Å². The summed E-state index contributed by atoms with van der Waals surface area (Å²) in [5, 5.41) is 0. The first kappa shape index (κ1) is 16.4. The van der Waals surface area contributed by atoms with Gasteiger partial charge < -0.3 is 10.6 Å². The molecule has 0 aliphatic rings. The maximum Gasteiger partial charge on any atom is 0.236 e. The lowest BCUT2D eigenvalue weighted by Crippen LogP contribution is -2.41. The summed E-state index contributed by atoms with van der Waals surface area (Å²) < 4.78 is 0. The first-order valence-electron chi connectivity index (χ1n) is 6.62. The molecule has 0 spiro atoms. The van der Waals surface area contributed by atoms with Crippen LogP contribution in [0, 0.1) is 11.8 Å². The lowest BCUT2D eigenvalue weighted by Gasteiger charge is -2.27. The summed E-state index contributed by atoms with van der Waals surface area (Å²) in [4.78, 5) is 15.9. The Morgan fingerprint density at radius 1 is 1.24 bits per heavy atom. The second kappa shape index (κ2) is 8.48. The van der Waals surface area contributed by atoms with Crippen molar-refractivity contribution in [1.82, 2.24) is 9.80 Å². The zero-order chi connectivity index (χ0) is 13.4. The normalized spacial score (nSPS) is 13.2. The van der Waals surface area contributed by atoms with Crippen molar-refractivity contribution in [3.05, 3.63) is 0 Å². The number of carbonyl (C=O) groups excluding carboxylic acids is 1. The van der Waals surface area contributed by atoms with Crippen molar-refractivity contribution >= 4 is 5.91 Å².